The van der Waals surface area contributed by atoms with Gasteiger partial charge in [-0.1, -0.05) is 90.5 Å². The molecule has 2 aromatic carbocycles. The molecule has 33 heavy (non-hydrogen) atoms. The molecule has 0 heterocycles. The summed E-state index contributed by atoms with van der Waals surface area (Å²) < 4.78 is 0. The fraction of sp³-hybridized carbons (Fsp3) is 0.433. The average molecular weight is 443 g/mol. The molecule has 0 aliphatic rings. The second-order valence-corrected chi connectivity index (χ2v) is 9.07. The van der Waals surface area contributed by atoms with E-state index in [1.54, 1.807) is 6.08 Å². The number of rotatable bonds is 10. The van der Waals surface area contributed by atoms with E-state index < -0.39 is 0 Å². The maximum atomic E-state index is 13.6. The van der Waals surface area contributed by atoms with E-state index in [0.29, 0.717) is 17.9 Å². The summed E-state index contributed by atoms with van der Waals surface area (Å²) in [6.07, 6.45) is 4.14. The van der Waals surface area contributed by atoms with Gasteiger partial charge in [-0.05, 0) is 71.6 Å². The van der Waals surface area contributed by atoms with Gasteiger partial charge in [0.25, 0.3) is 0 Å². The summed E-state index contributed by atoms with van der Waals surface area (Å²) in [6, 6.07) is 9.89. The van der Waals surface area contributed by atoms with Crippen LogP contribution in [0.5, 0.6) is 0 Å². The molecule has 0 aliphatic carbocycles. The molecule has 0 spiro atoms. The SMILES string of the molecule is CC.[B]c1ccc(CC(C)C(=O)c2cc(C(N)CC(C)C)c(C)cc2C(=C)C=C)c(CC)c1. The van der Waals surface area contributed by atoms with Crippen LogP contribution in [0.2, 0.25) is 0 Å². The highest BCUT2D eigenvalue weighted by Gasteiger charge is 2.23. The van der Waals surface area contributed by atoms with Gasteiger partial charge in [-0.25, -0.2) is 0 Å². The van der Waals surface area contributed by atoms with Crippen molar-refractivity contribution in [1.29, 1.82) is 0 Å². The average Bonchev–Trinajstić information content (AvgIpc) is 2.79. The molecule has 2 nitrogen and oxygen atoms in total. The Bertz CT molecular complexity index is 974. The molecule has 0 saturated heterocycles. The van der Waals surface area contributed by atoms with E-state index in [1.807, 2.05) is 51.1 Å². The molecule has 2 aromatic rings. The normalized spacial score (nSPS) is 12.5. The molecule has 2 unspecified atom stereocenters. The highest BCUT2D eigenvalue weighted by Crippen LogP contribution is 2.31. The molecule has 3 heteroatoms. The van der Waals surface area contributed by atoms with Crippen LogP contribution in [0.25, 0.3) is 5.57 Å². The van der Waals surface area contributed by atoms with Crippen LogP contribution in [0.15, 0.2) is 49.6 Å². The number of hydrogen-bond acceptors (Lipinski definition) is 2. The van der Waals surface area contributed by atoms with Crippen molar-refractivity contribution in [3.05, 3.63) is 82.9 Å². The molecule has 0 fully saturated rings. The van der Waals surface area contributed by atoms with Gasteiger partial charge in [-0.2, -0.15) is 0 Å². The summed E-state index contributed by atoms with van der Waals surface area (Å²) in [4.78, 5) is 13.6. The monoisotopic (exact) mass is 443 g/mol. The van der Waals surface area contributed by atoms with Crippen LogP contribution >= 0.6 is 0 Å². The van der Waals surface area contributed by atoms with Gasteiger partial charge in [0.1, 0.15) is 7.85 Å². The zero-order valence-corrected chi connectivity index (χ0v) is 21.8. The topological polar surface area (TPSA) is 43.1 Å². The van der Waals surface area contributed by atoms with E-state index in [-0.39, 0.29) is 17.7 Å². The number of benzene rings is 2. The molecule has 0 aliphatic heterocycles. The Morgan fingerprint density at radius 3 is 2.27 bits per heavy atom. The van der Waals surface area contributed by atoms with E-state index in [2.05, 4.69) is 40.9 Å². The van der Waals surface area contributed by atoms with Gasteiger partial charge in [0.2, 0.25) is 0 Å². The van der Waals surface area contributed by atoms with Crippen LogP contribution in [0.4, 0.5) is 0 Å². The second kappa shape index (κ2) is 13.4. The number of aryl methyl sites for hydroxylation is 2. The van der Waals surface area contributed by atoms with Gasteiger partial charge in [-0.3, -0.25) is 4.79 Å². The Morgan fingerprint density at radius 2 is 1.73 bits per heavy atom. The zero-order valence-electron chi connectivity index (χ0n) is 21.8. The van der Waals surface area contributed by atoms with E-state index in [1.165, 1.54) is 11.1 Å². The molecule has 0 bridgehead atoms. The molecule has 2 rings (SSSR count). The third-order valence-corrected chi connectivity index (χ3v) is 5.97. The largest absolute Gasteiger partial charge is 0.324 e. The Morgan fingerprint density at radius 1 is 1.09 bits per heavy atom. The van der Waals surface area contributed by atoms with Crippen LogP contribution < -0.4 is 11.2 Å². The molecule has 0 saturated carbocycles. The van der Waals surface area contributed by atoms with Crippen molar-refractivity contribution in [2.45, 2.75) is 73.8 Å². The van der Waals surface area contributed by atoms with Crippen LogP contribution in [-0.2, 0) is 12.8 Å². The number of carbonyl (C=O) groups excluding carboxylic acids is 1. The van der Waals surface area contributed by atoms with Gasteiger partial charge in [0.15, 0.2) is 5.78 Å². The fourth-order valence-electron chi connectivity index (χ4n) is 4.20. The lowest BCUT2D eigenvalue weighted by atomic mass is 9.83. The van der Waals surface area contributed by atoms with Crippen molar-refractivity contribution in [3.8, 4) is 0 Å². The summed E-state index contributed by atoms with van der Waals surface area (Å²) >= 11 is 0. The minimum atomic E-state index is -0.179. The summed E-state index contributed by atoms with van der Waals surface area (Å²) in [6.45, 7) is 22.5. The van der Waals surface area contributed by atoms with Gasteiger partial charge < -0.3 is 5.73 Å². The molecule has 0 amide bonds. The molecule has 0 aromatic heterocycles. The minimum Gasteiger partial charge on any atom is -0.324 e. The first kappa shape index (κ1) is 28.6. The van der Waals surface area contributed by atoms with Crippen molar-refractivity contribution in [3.63, 3.8) is 0 Å². The molecule has 2 radical (unpaired) electrons. The minimum absolute atomic E-state index is 0.100. The van der Waals surface area contributed by atoms with Crippen molar-refractivity contribution in [2.24, 2.45) is 17.6 Å². The van der Waals surface area contributed by atoms with E-state index in [4.69, 9.17) is 13.6 Å². The summed E-state index contributed by atoms with van der Waals surface area (Å²) in [5, 5.41) is 0. The first-order chi connectivity index (χ1) is 15.6. The van der Waals surface area contributed by atoms with Crippen molar-refractivity contribution < 1.29 is 4.79 Å². The lowest BCUT2D eigenvalue weighted by Crippen LogP contribution is -2.20. The van der Waals surface area contributed by atoms with Crippen molar-refractivity contribution in [2.75, 3.05) is 0 Å². The van der Waals surface area contributed by atoms with Crippen molar-refractivity contribution in [1.82, 2.24) is 0 Å². The standard InChI is InChI=1S/C28H36BNO.C2H6/c1-8-18(5)24-14-19(6)25(27(30)12-17(3)4)16-26(24)28(31)20(7)13-22-10-11-23(29)15-21(22)9-2;1-2/h8,10-11,14-17,20,27H,1,5,9,12-13,30H2,2-4,6-7H3;1-2H3. The third-order valence-electron chi connectivity index (χ3n) is 5.97. The summed E-state index contributed by atoms with van der Waals surface area (Å²) in [7, 11) is 5.95. The second-order valence-electron chi connectivity index (χ2n) is 9.07. The smallest absolute Gasteiger partial charge is 0.166 e. The predicted octanol–water partition coefficient (Wildman–Crippen LogP) is 6.68. The quantitative estimate of drug-likeness (QED) is 0.253. The van der Waals surface area contributed by atoms with Gasteiger partial charge in [-0.15, -0.1) is 0 Å². The third kappa shape index (κ3) is 7.57. The summed E-state index contributed by atoms with van der Waals surface area (Å²) in [5.41, 5.74) is 14.0. The molecular weight excluding hydrogens is 401 g/mol. The van der Waals surface area contributed by atoms with Crippen LogP contribution in [0, 0.1) is 18.8 Å². The fourth-order valence-corrected chi connectivity index (χ4v) is 4.20. The molecular formula is C30H42BNO. The lowest BCUT2D eigenvalue weighted by Gasteiger charge is -2.22. The Kier molecular flexibility index (Phi) is 11.6. The highest BCUT2D eigenvalue weighted by atomic mass is 16.1. The first-order valence-electron chi connectivity index (χ1n) is 12.2. The Labute approximate surface area is 203 Å². The maximum Gasteiger partial charge on any atom is 0.166 e. The Hall–Kier alpha value is -2.39. The number of allylic oxidation sites excluding steroid dienone is 2. The highest BCUT2D eigenvalue weighted by molar-refractivity contribution is 6.32. The van der Waals surface area contributed by atoms with Gasteiger partial charge in [0, 0.05) is 17.5 Å². The summed E-state index contributed by atoms with van der Waals surface area (Å²) in [5.74, 6) is 0.408. The molecule has 176 valence electrons. The number of hydrogen-bond donors (Lipinski definition) is 1. The van der Waals surface area contributed by atoms with Crippen LogP contribution in [-0.4, -0.2) is 13.6 Å². The van der Waals surface area contributed by atoms with Crippen LogP contribution in [0.3, 0.4) is 0 Å². The van der Waals surface area contributed by atoms with Crippen LogP contribution in [0.1, 0.15) is 92.2 Å². The maximum absolute atomic E-state index is 13.6. The first-order valence-corrected chi connectivity index (χ1v) is 12.2. The number of ketones is 1. The number of Topliss-reactive ketones (excluding diaryl/α,β-unsaturated/α-hetero) is 1. The van der Waals surface area contributed by atoms with E-state index >= 15 is 0 Å². The van der Waals surface area contributed by atoms with Gasteiger partial charge in [0.05, 0.1) is 0 Å². The number of carbonyl (C=O) groups is 1. The lowest BCUT2D eigenvalue weighted by molar-refractivity contribution is 0.0929. The molecule has 2 N–H and O–H groups in total. The zero-order chi connectivity index (χ0) is 25.3. The predicted molar refractivity (Wildman–Crippen MR) is 147 cm³/mol. The van der Waals surface area contributed by atoms with E-state index in [0.717, 1.165) is 40.6 Å². The Balaban J connectivity index is 0.00000265. The van der Waals surface area contributed by atoms with Gasteiger partial charge >= 0.3 is 0 Å². The molecule has 2 atom stereocenters. The van der Waals surface area contributed by atoms with E-state index in [9.17, 15) is 4.79 Å². The number of nitrogens with two attached hydrogens (primary N) is 1. The van der Waals surface area contributed by atoms with Crippen molar-refractivity contribution >= 4 is 24.7 Å².